The van der Waals surface area contributed by atoms with Crippen molar-refractivity contribution in [1.82, 2.24) is 0 Å². The molecule has 0 unspecified atom stereocenters. The van der Waals surface area contributed by atoms with Crippen LogP contribution in [0.4, 0.5) is 4.39 Å². The van der Waals surface area contributed by atoms with E-state index < -0.39 is 20.5 Å². The normalized spacial score (nSPS) is 31.3. The van der Waals surface area contributed by atoms with Crippen LogP contribution in [0, 0.1) is 11.2 Å². The molecule has 0 aliphatic heterocycles. The van der Waals surface area contributed by atoms with E-state index in [0.717, 1.165) is 6.26 Å². The smallest absolute Gasteiger partial charge is 0.151 e. The van der Waals surface area contributed by atoms with Gasteiger partial charge >= 0.3 is 0 Å². The first-order valence-electron chi connectivity index (χ1n) is 5.62. The summed E-state index contributed by atoms with van der Waals surface area (Å²) in [6.07, 6.45) is 1.14. The second kappa shape index (κ2) is 4.29. The molecule has 100 valence electrons. The lowest BCUT2D eigenvalue weighted by molar-refractivity contribution is 0.212. The molecule has 1 aliphatic rings. The van der Waals surface area contributed by atoms with Crippen molar-refractivity contribution in [3.05, 3.63) is 35.6 Å². The first-order chi connectivity index (χ1) is 8.36. The molecule has 1 fully saturated rings. The number of rotatable bonds is 4. The van der Waals surface area contributed by atoms with Gasteiger partial charge in [0.1, 0.15) is 5.82 Å². The third-order valence-electron chi connectivity index (χ3n) is 3.74. The molecule has 3 N–H and O–H groups in total. The Bertz CT molecular complexity index is 537. The van der Waals surface area contributed by atoms with Gasteiger partial charge in [0.15, 0.2) is 9.84 Å². The minimum absolute atomic E-state index is 0.0866. The zero-order valence-corrected chi connectivity index (χ0v) is 10.8. The van der Waals surface area contributed by atoms with Crippen LogP contribution in [0.1, 0.15) is 11.5 Å². The highest BCUT2D eigenvalue weighted by atomic mass is 32.2. The fourth-order valence-corrected chi connectivity index (χ4v) is 4.81. The molecule has 0 saturated heterocycles. The van der Waals surface area contributed by atoms with Gasteiger partial charge in [-0.2, -0.15) is 0 Å². The van der Waals surface area contributed by atoms with Crippen LogP contribution in [0.3, 0.4) is 0 Å². The molecule has 1 aliphatic carbocycles. The van der Waals surface area contributed by atoms with Crippen molar-refractivity contribution < 1.29 is 17.9 Å². The Morgan fingerprint density at radius 2 is 1.94 bits per heavy atom. The lowest BCUT2D eigenvalue weighted by atomic mass is 10.0. The average Bonchev–Trinajstić information content (AvgIpc) is 3.00. The number of hydrogen-bond donors (Lipinski definition) is 2. The van der Waals surface area contributed by atoms with E-state index in [-0.39, 0.29) is 24.9 Å². The largest absolute Gasteiger partial charge is 0.396 e. The lowest BCUT2D eigenvalue weighted by Crippen LogP contribution is -2.27. The van der Waals surface area contributed by atoms with Gasteiger partial charge in [0.05, 0.1) is 11.9 Å². The molecule has 18 heavy (non-hydrogen) atoms. The van der Waals surface area contributed by atoms with Crippen molar-refractivity contribution in [1.29, 1.82) is 0 Å². The molecule has 6 heteroatoms. The van der Waals surface area contributed by atoms with E-state index in [4.69, 9.17) is 5.73 Å². The van der Waals surface area contributed by atoms with Crippen molar-refractivity contribution >= 4 is 9.84 Å². The molecule has 3 atom stereocenters. The first kappa shape index (κ1) is 13.5. The van der Waals surface area contributed by atoms with Crippen molar-refractivity contribution in [2.45, 2.75) is 11.2 Å². The van der Waals surface area contributed by atoms with Crippen molar-refractivity contribution in [2.75, 3.05) is 19.4 Å². The summed E-state index contributed by atoms with van der Waals surface area (Å²) < 4.78 is 36.3. The van der Waals surface area contributed by atoms with E-state index in [9.17, 15) is 17.9 Å². The maximum Gasteiger partial charge on any atom is 0.151 e. The molecule has 1 aromatic rings. The molecule has 0 spiro atoms. The fourth-order valence-electron chi connectivity index (χ4n) is 2.80. The lowest BCUT2D eigenvalue weighted by Gasteiger charge is -2.11. The summed E-state index contributed by atoms with van der Waals surface area (Å²) in [6, 6.07) is 5.66. The fraction of sp³-hybridized carbons (Fsp3) is 0.500. The van der Waals surface area contributed by atoms with Gasteiger partial charge in [-0.15, -0.1) is 0 Å². The molecule has 4 nitrogen and oxygen atoms in total. The second-order valence-corrected chi connectivity index (χ2v) is 7.04. The molecule has 1 aromatic carbocycles. The Hall–Kier alpha value is -0.980. The summed E-state index contributed by atoms with van der Waals surface area (Å²) in [5.41, 5.74) is 5.50. The Morgan fingerprint density at radius 3 is 2.28 bits per heavy atom. The van der Waals surface area contributed by atoms with Crippen LogP contribution >= 0.6 is 0 Å². The van der Waals surface area contributed by atoms with E-state index in [1.165, 1.54) is 12.1 Å². The quantitative estimate of drug-likeness (QED) is 0.825. The van der Waals surface area contributed by atoms with Gasteiger partial charge in [0, 0.05) is 24.1 Å². The summed E-state index contributed by atoms with van der Waals surface area (Å²) in [4.78, 5) is 0. The third kappa shape index (κ3) is 1.94. The van der Waals surface area contributed by atoms with Crippen LogP contribution in [0.15, 0.2) is 24.3 Å². The molecule has 0 amide bonds. The van der Waals surface area contributed by atoms with Gasteiger partial charge in [-0.25, -0.2) is 12.8 Å². The van der Waals surface area contributed by atoms with Gasteiger partial charge in [0.2, 0.25) is 0 Å². The third-order valence-corrected chi connectivity index (χ3v) is 5.41. The Labute approximate surface area is 106 Å². The van der Waals surface area contributed by atoms with Crippen molar-refractivity contribution in [3.63, 3.8) is 0 Å². The monoisotopic (exact) mass is 273 g/mol. The van der Waals surface area contributed by atoms with E-state index in [0.29, 0.717) is 5.56 Å². The average molecular weight is 273 g/mol. The van der Waals surface area contributed by atoms with Crippen LogP contribution in [-0.2, 0) is 9.84 Å². The SMILES string of the molecule is CS(=O)(=O)[C@H]1[C@@H](c2ccc(F)cc2)[C@@]1(CN)CO. The van der Waals surface area contributed by atoms with Gasteiger partial charge in [-0.1, -0.05) is 12.1 Å². The molecule has 0 bridgehead atoms. The predicted molar refractivity (Wildman–Crippen MR) is 66.3 cm³/mol. The van der Waals surface area contributed by atoms with Crippen LogP contribution in [0.25, 0.3) is 0 Å². The zero-order chi connectivity index (χ0) is 13.6. The predicted octanol–water partition coefficient (Wildman–Crippen LogP) is 0.274. The van der Waals surface area contributed by atoms with Crippen LogP contribution in [-0.4, -0.2) is 38.2 Å². The number of sulfone groups is 1. The van der Waals surface area contributed by atoms with Crippen LogP contribution < -0.4 is 5.73 Å². The van der Waals surface area contributed by atoms with Gasteiger partial charge in [-0.05, 0) is 17.7 Å². The number of hydrogen-bond acceptors (Lipinski definition) is 4. The Kier molecular flexibility index (Phi) is 3.21. The standard InChI is InChI=1S/C12H16FNO3S/c1-18(16,17)11-10(12(11,6-14)7-15)8-2-4-9(13)5-3-8/h2-5,10-11,15H,6-7,14H2,1H3/t10-,11+,12-/m1/s1. The van der Waals surface area contributed by atoms with E-state index >= 15 is 0 Å². The summed E-state index contributed by atoms with van der Waals surface area (Å²) in [5.74, 6) is -0.735. The topological polar surface area (TPSA) is 80.4 Å². The van der Waals surface area contributed by atoms with Gasteiger partial charge in [0.25, 0.3) is 0 Å². The van der Waals surface area contributed by atoms with Gasteiger partial charge < -0.3 is 10.8 Å². The van der Waals surface area contributed by atoms with Crippen LogP contribution in [0.2, 0.25) is 0 Å². The highest BCUT2D eigenvalue weighted by Crippen LogP contribution is 2.61. The minimum atomic E-state index is -3.30. The molecular weight excluding hydrogens is 257 g/mol. The Morgan fingerprint density at radius 1 is 1.39 bits per heavy atom. The highest BCUT2D eigenvalue weighted by molar-refractivity contribution is 7.91. The molecule has 0 heterocycles. The first-order valence-corrected chi connectivity index (χ1v) is 7.57. The number of aliphatic hydroxyl groups is 1. The number of aliphatic hydroxyl groups excluding tert-OH is 1. The number of halogens is 1. The van der Waals surface area contributed by atoms with Crippen molar-refractivity contribution in [3.8, 4) is 0 Å². The minimum Gasteiger partial charge on any atom is -0.396 e. The maximum absolute atomic E-state index is 12.9. The molecule has 0 radical (unpaired) electrons. The Balaban J connectivity index is 2.41. The summed E-state index contributed by atoms with van der Waals surface area (Å²) in [6.45, 7) is -0.202. The van der Waals surface area contributed by atoms with E-state index in [1.807, 2.05) is 0 Å². The molecular formula is C12H16FNO3S. The number of nitrogens with two attached hydrogens (primary N) is 1. The summed E-state index contributed by atoms with van der Waals surface area (Å²) in [5, 5.41) is 8.77. The summed E-state index contributed by atoms with van der Waals surface area (Å²) in [7, 11) is -3.30. The second-order valence-electron chi connectivity index (χ2n) is 4.87. The van der Waals surface area contributed by atoms with Crippen molar-refractivity contribution in [2.24, 2.45) is 11.1 Å². The molecule has 0 aromatic heterocycles. The van der Waals surface area contributed by atoms with Crippen LogP contribution in [0.5, 0.6) is 0 Å². The summed E-state index contributed by atoms with van der Waals surface area (Å²) >= 11 is 0. The number of benzene rings is 1. The molecule has 2 rings (SSSR count). The molecule has 1 saturated carbocycles. The van der Waals surface area contributed by atoms with E-state index in [1.54, 1.807) is 12.1 Å². The zero-order valence-electron chi connectivity index (χ0n) is 10.0. The maximum atomic E-state index is 12.9. The van der Waals surface area contributed by atoms with Gasteiger partial charge in [-0.3, -0.25) is 0 Å². The van der Waals surface area contributed by atoms with E-state index in [2.05, 4.69) is 0 Å². The highest BCUT2D eigenvalue weighted by Gasteiger charge is 2.68.